The normalized spacial score (nSPS) is 9.87. The molecule has 0 atom stereocenters. The van der Waals surface area contributed by atoms with Gasteiger partial charge in [0, 0.05) is 6.92 Å². The molecule has 4 nitrogen and oxygen atoms in total. The molecule has 80 valence electrons. The van der Waals surface area contributed by atoms with Gasteiger partial charge in [-0.2, -0.15) is 5.01 Å². The summed E-state index contributed by atoms with van der Waals surface area (Å²) in [6.45, 7) is 1.18. The van der Waals surface area contributed by atoms with Crippen molar-refractivity contribution in [1.82, 2.24) is 0 Å². The third kappa shape index (κ3) is 2.59. The fraction of sp³-hybridized carbons (Fsp3) is 0.125. The zero-order chi connectivity index (χ0) is 11.6. The van der Waals surface area contributed by atoms with Crippen molar-refractivity contribution < 1.29 is 4.79 Å². The van der Waals surface area contributed by atoms with Crippen LogP contribution in [0.15, 0.2) is 17.4 Å². The Balaban J connectivity index is 3.30. The molecule has 1 aromatic rings. The van der Waals surface area contributed by atoms with E-state index in [0.29, 0.717) is 5.01 Å². The van der Waals surface area contributed by atoms with Crippen LogP contribution in [0.25, 0.3) is 0 Å². The number of amides is 1. The van der Waals surface area contributed by atoms with E-state index < -0.39 is 5.91 Å². The molecule has 0 heterocycles. The lowest BCUT2D eigenvalue weighted by atomic mass is 10.3. The number of carbonyl (C=O) groups excluding carboxylic acids is 1. The van der Waals surface area contributed by atoms with E-state index >= 15 is 0 Å². The lowest BCUT2D eigenvalue weighted by Crippen LogP contribution is -2.21. The van der Waals surface area contributed by atoms with E-state index in [1.807, 2.05) is 0 Å². The second-order valence-corrected chi connectivity index (χ2v) is 3.85. The molecule has 0 spiro atoms. The van der Waals surface area contributed by atoms with Crippen LogP contribution in [-0.4, -0.2) is 5.91 Å². The molecule has 0 bridgehead atoms. The average Bonchev–Trinajstić information content (AvgIpc) is 2.14. The van der Waals surface area contributed by atoms with Gasteiger partial charge >= 0.3 is 0 Å². The van der Waals surface area contributed by atoms with E-state index in [9.17, 15) is 9.70 Å². The van der Waals surface area contributed by atoms with E-state index in [0.717, 1.165) is 0 Å². The molecule has 0 aliphatic rings. The molecule has 0 aliphatic heterocycles. The van der Waals surface area contributed by atoms with Crippen LogP contribution in [0.4, 0.5) is 5.69 Å². The summed E-state index contributed by atoms with van der Waals surface area (Å²) < 4.78 is 0. The van der Waals surface area contributed by atoms with Crippen LogP contribution >= 0.6 is 34.8 Å². The fourth-order valence-electron chi connectivity index (χ4n) is 0.945. The summed E-state index contributed by atoms with van der Waals surface area (Å²) in [5.41, 5.74) is 0.105. The lowest BCUT2D eigenvalue weighted by molar-refractivity contribution is -0.116. The Morgan fingerprint density at radius 2 is 1.73 bits per heavy atom. The largest absolute Gasteiger partial charge is 0.273 e. The lowest BCUT2D eigenvalue weighted by Gasteiger charge is -2.13. The molecular weight excluding hydrogens is 262 g/mol. The number of nitroso groups, excluding NO2 is 1. The maximum Gasteiger partial charge on any atom is 0.246 e. The van der Waals surface area contributed by atoms with Crippen LogP contribution in [0.1, 0.15) is 6.92 Å². The topological polar surface area (TPSA) is 49.7 Å². The number of nitrogens with zero attached hydrogens (tertiary/aromatic N) is 2. The quantitative estimate of drug-likeness (QED) is 0.466. The van der Waals surface area contributed by atoms with Gasteiger partial charge in [0.1, 0.15) is 0 Å². The second kappa shape index (κ2) is 4.79. The third-order valence-corrected chi connectivity index (χ3v) is 2.62. The maximum atomic E-state index is 11.0. The standard InChI is InChI=1S/C8H5Cl3N2O2/c1-4(14)13(12-15)8-3-6(10)5(9)2-7(8)11/h2-3H,1H3. The zero-order valence-electron chi connectivity index (χ0n) is 7.50. The summed E-state index contributed by atoms with van der Waals surface area (Å²) in [7, 11) is 0. The third-order valence-electron chi connectivity index (χ3n) is 1.60. The smallest absolute Gasteiger partial charge is 0.246 e. The van der Waals surface area contributed by atoms with Gasteiger partial charge in [-0.25, -0.2) is 0 Å². The molecule has 0 N–H and O–H groups in total. The Morgan fingerprint density at radius 3 is 2.20 bits per heavy atom. The van der Waals surface area contributed by atoms with Gasteiger partial charge < -0.3 is 0 Å². The first-order valence-corrected chi connectivity index (χ1v) is 4.89. The van der Waals surface area contributed by atoms with Crippen molar-refractivity contribution in [1.29, 1.82) is 0 Å². The molecule has 0 aromatic heterocycles. The average molecular weight is 267 g/mol. The highest BCUT2D eigenvalue weighted by Crippen LogP contribution is 2.34. The summed E-state index contributed by atoms with van der Waals surface area (Å²) in [6.07, 6.45) is 0. The second-order valence-electron chi connectivity index (χ2n) is 2.63. The molecule has 15 heavy (non-hydrogen) atoms. The fourth-order valence-corrected chi connectivity index (χ4v) is 1.57. The van der Waals surface area contributed by atoms with E-state index in [1.54, 1.807) is 0 Å². The Kier molecular flexibility index (Phi) is 3.90. The minimum atomic E-state index is -0.565. The van der Waals surface area contributed by atoms with Crippen molar-refractivity contribution in [2.75, 3.05) is 5.01 Å². The van der Waals surface area contributed by atoms with E-state index in [-0.39, 0.29) is 20.8 Å². The highest BCUT2D eigenvalue weighted by atomic mass is 35.5. The van der Waals surface area contributed by atoms with Crippen LogP contribution < -0.4 is 5.01 Å². The summed E-state index contributed by atoms with van der Waals surface area (Å²) in [5.74, 6) is -0.565. The van der Waals surface area contributed by atoms with Crippen LogP contribution in [0.3, 0.4) is 0 Å². The number of carbonyl (C=O) groups is 1. The molecule has 7 heteroatoms. The zero-order valence-corrected chi connectivity index (χ0v) is 9.77. The molecular formula is C8H5Cl3N2O2. The van der Waals surface area contributed by atoms with Crippen LogP contribution in [0, 0.1) is 4.91 Å². The predicted molar refractivity (Wildman–Crippen MR) is 60.4 cm³/mol. The van der Waals surface area contributed by atoms with Crippen LogP contribution in [0.5, 0.6) is 0 Å². The highest BCUT2D eigenvalue weighted by Gasteiger charge is 2.17. The maximum absolute atomic E-state index is 11.0. The van der Waals surface area contributed by atoms with Gasteiger partial charge in [-0.1, -0.05) is 34.8 Å². The minimum Gasteiger partial charge on any atom is -0.273 e. The SMILES string of the molecule is CC(=O)N(N=O)c1cc(Cl)c(Cl)cc1Cl. The monoisotopic (exact) mass is 266 g/mol. The Morgan fingerprint density at radius 1 is 1.20 bits per heavy atom. The van der Waals surface area contributed by atoms with E-state index in [2.05, 4.69) is 5.29 Å². The summed E-state index contributed by atoms with van der Waals surface area (Å²) in [5, 5.41) is 3.69. The number of rotatable bonds is 2. The number of hydrogen-bond donors (Lipinski definition) is 0. The van der Waals surface area contributed by atoms with Gasteiger partial charge in [0.25, 0.3) is 0 Å². The summed E-state index contributed by atoms with van der Waals surface area (Å²) in [4.78, 5) is 21.4. The van der Waals surface area contributed by atoms with Crippen molar-refractivity contribution in [3.8, 4) is 0 Å². The summed E-state index contributed by atoms with van der Waals surface area (Å²) >= 11 is 17.2. The van der Waals surface area contributed by atoms with Crippen LogP contribution in [-0.2, 0) is 4.79 Å². The van der Waals surface area contributed by atoms with Gasteiger partial charge in [-0.15, -0.1) is 4.91 Å². The molecule has 0 saturated heterocycles. The number of halogens is 3. The van der Waals surface area contributed by atoms with Gasteiger partial charge in [-0.3, -0.25) is 4.79 Å². The van der Waals surface area contributed by atoms with Crippen molar-refractivity contribution in [2.24, 2.45) is 5.29 Å². The molecule has 0 aliphatic carbocycles. The number of anilines is 1. The van der Waals surface area contributed by atoms with Crippen molar-refractivity contribution in [3.63, 3.8) is 0 Å². The number of hydrogen-bond acceptors (Lipinski definition) is 3. The molecule has 1 amide bonds. The molecule has 0 saturated carbocycles. The van der Waals surface area contributed by atoms with Crippen molar-refractivity contribution in [3.05, 3.63) is 32.1 Å². The van der Waals surface area contributed by atoms with Crippen LogP contribution in [0.2, 0.25) is 15.1 Å². The van der Waals surface area contributed by atoms with E-state index in [1.165, 1.54) is 19.1 Å². The van der Waals surface area contributed by atoms with Crippen molar-refractivity contribution in [2.45, 2.75) is 6.92 Å². The Bertz CT molecular complexity index is 423. The first-order chi connectivity index (χ1) is 6.97. The van der Waals surface area contributed by atoms with E-state index in [4.69, 9.17) is 34.8 Å². The predicted octanol–water partition coefficient (Wildman–Crippen LogP) is 3.68. The van der Waals surface area contributed by atoms with Gasteiger partial charge in [-0.05, 0) is 12.1 Å². The van der Waals surface area contributed by atoms with Crippen molar-refractivity contribution >= 4 is 46.4 Å². The molecule has 0 fully saturated rings. The highest BCUT2D eigenvalue weighted by molar-refractivity contribution is 6.44. The minimum absolute atomic E-state index is 0.105. The Labute approximate surface area is 101 Å². The number of benzene rings is 1. The summed E-state index contributed by atoms with van der Waals surface area (Å²) in [6, 6.07) is 2.64. The molecule has 0 unspecified atom stereocenters. The molecule has 0 radical (unpaired) electrons. The molecule has 1 aromatic carbocycles. The first-order valence-electron chi connectivity index (χ1n) is 3.76. The first kappa shape index (κ1) is 12.2. The Hall–Kier alpha value is -0.840. The van der Waals surface area contributed by atoms with Gasteiger partial charge in [0.2, 0.25) is 5.91 Å². The van der Waals surface area contributed by atoms with Gasteiger partial charge in [0.15, 0.2) is 0 Å². The van der Waals surface area contributed by atoms with Gasteiger partial charge in [0.05, 0.1) is 26.0 Å². The molecule has 1 rings (SSSR count).